The molecule has 4 rings (SSSR count). The van der Waals surface area contributed by atoms with Crippen molar-refractivity contribution in [1.82, 2.24) is 5.01 Å². The number of fused-ring (bicyclic) bond motifs is 1. The van der Waals surface area contributed by atoms with Crippen LogP contribution < -0.4 is 20.1 Å². The number of benzene rings is 2. The maximum Gasteiger partial charge on any atom is 0.286 e. The zero-order valence-corrected chi connectivity index (χ0v) is 17.1. The molecular formula is C21H24N4O6. The molecule has 1 unspecified atom stereocenters. The summed E-state index contributed by atoms with van der Waals surface area (Å²) in [5.41, 5.74) is 7.17. The predicted octanol–water partition coefficient (Wildman–Crippen LogP) is 1.56. The lowest BCUT2D eigenvalue weighted by atomic mass is 9.97. The minimum Gasteiger partial charge on any atom is -0.508 e. The van der Waals surface area contributed by atoms with Gasteiger partial charge in [-0.3, -0.25) is 14.7 Å². The fourth-order valence-electron chi connectivity index (χ4n) is 3.80. The molecule has 164 valence electrons. The van der Waals surface area contributed by atoms with Crippen LogP contribution in [-0.2, 0) is 4.79 Å². The van der Waals surface area contributed by atoms with E-state index in [1.54, 1.807) is 29.2 Å². The van der Waals surface area contributed by atoms with E-state index in [4.69, 9.17) is 15.2 Å². The average molecular weight is 428 g/mol. The molecule has 31 heavy (non-hydrogen) atoms. The normalized spacial score (nSPS) is 17.4. The van der Waals surface area contributed by atoms with Crippen molar-refractivity contribution in [3.63, 3.8) is 0 Å². The van der Waals surface area contributed by atoms with Crippen LogP contribution in [0.5, 0.6) is 23.0 Å². The third kappa shape index (κ3) is 3.55. The molecule has 0 saturated heterocycles. The Morgan fingerprint density at radius 2 is 1.94 bits per heavy atom. The number of aliphatic hydroxyl groups is 1. The molecule has 10 nitrogen and oxygen atoms in total. The van der Waals surface area contributed by atoms with E-state index < -0.39 is 12.1 Å². The number of hydrogen-bond donors (Lipinski definition) is 4. The maximum atomic E-state index is 12.3. The van der Waals surface area contributed by atoms with Gasteiger partial charge in [0.25, 0.3) is 5.91 Å². The Balaban J connectivity index is 1.88. The van der Waals surface area contributed by atoms with Crippen LogP contribution in [0.25, 0.3) is 0 Å². The number of carbonyl (C=O) groups is 1. The number of carbonyl (C=O) groups excluding carboxylic acids is 1. The number of aromatic hydroxyl groups is 2. The van der Waals surface area contributed by atoms with Gasteiger partial charge >= 0.3 is 0 Å². The number of amides is 1. The van der Waals surface area contributed by atoms with Crippen LogP contribution in [0.1, 0.15) is 37.1 Å². The lowest BCUT2D eigenvalue weighted by Crippen LogP contribution is -2.41. The second-order valence-corrected chi connectivity index (χ2v) is 7.58. The SMILES string of the molecule is CC(C)c1cc(C2N(CCO)N=C(C(N)=O)N2c2ccc3c(c2)OCO3)c(O)cc1O. The van der Waals surface area contributed by atoms with Crippen LogP contribution in [-0.4, -0.2) is 52.0 Å². The molecule has 2 aromatic carbocycles. The summed E-state index contributed by atoms with van der Waals surface area (Å²) >= 11 is 0. The highest BCUT2D eigenvalue weighted by atomic mass is 16.7. The maximum absolute atomic E-state index is 12.3. The van der Waals surface area contributed by atoms with Crippen molar-refractivity contribution in [3.05, 3.63) is 41.5 Å². The second-order valence-electron chi connectivity index (χ2n) is 7.58. The van der Waals surface area contributed by atoms with E-state index in [1.165, 1.54) is 11.1 Å². The van der Waals surface area contributed by atoms with Crippen molar-refractivity contribution in [3.8, 4) is 23.0 Å². The van der Waals surface area contributed by atoms with Crippen LogP contribution in [0, 0.1) is 0 Å². The minimum absolute atomic E-state index is 0.0254. The van der Waals surface area contributed by atoms with Crippen molar-refractivity contribution in [2.45, 2.75) is 25.9 Å². The molecule has 2 aliphatic heterocycles. The van der Waals surface area contributed by atoms with Gasteiger partial charge in [0, 0.05) is 23.4 Å². The number of phenols is 2. The number of ether oxygens (including phenoxy) is 2. The number of hydrazone groups is 1. The van der Waals surface area contributed by atoms with Gasteiger partial charge in [0.15, 0.2) is 17.7 Å². The highest BCUT2D eigenvalue weighted by Crippen LogP contribution is 2.44. The number of aliphatic hydroxyl groups excluding tert-OH is 1. The van der Waals surface area contributed by atoms with Crippen LogP contribution in [0.3, 0.4) is 0 Å². The summed E-state index contributed by atoms with van der Waals surface area (Å²) in [5, 5.41) is 36.3. The molecule has 0 aliphatic carbocycles. The van der Waals surface area contributed by atoms with E-state index in [2.05, 4.69) is 5.10 Å². The first-order valence-electron chi connectivity index (χ1n) is 9.82. The van der Waals surface area contributed by atoms with E-state index in [0.29, 0.717) is 28.3 Å². The largest absolute Gasteiger partial charge is 0.508 e. The van der Waals surface area contributed by atoms with Gasteiger partial charge < -0.3 is 30.5 Å². The first-order chi connectivity index (χ1) is 14.8. The van der Waals surface area contributed by atoms with Gasteiger partial charge in [-0.05, 0) is 29.7 Å². The molecule has 10 heteroatoms. The summed E-state index contributed by atoms with van der Waals surface area (Å²) < 4.78 is 10.8. The van der Waals surface area contributed by atoms with Gasteiger partial charge in [-0.25, -0.2) is 0 Å². The Kier molecular flexibility index (Phi) is 5.24. The lowest BCUT2D eigenvalue weighted by molar-refractivity contribution is -0.112. The Hall–Kier alpha value is -3.66. The summed E-state index contributed by atoms with van der Waals surface area (Å²) in [6.45, 7) is 3.76. The van der Waals surface area contributed by atoms with E-state index in [-0.39, 0.29) is 43.2 Å². The molecule has 0 saturated carbocycles. The fourth-order valence-corrected chi connectivity index (χ4v) is 3.80. The number of primary amides is 1. The Bertz CT molecular complexity index is 1050. The molecular weight excluding hydrogens is 404 g/mol. The fraction of sp³-hybridized carbons (Fsp3) is 0.333. The van der Waals surface area contributed by atoms with Crippen molar-refractivity contribution in [2.24, 2.45) is 10.8 Å². The Morgan fingerprint density at radius 3 is 2.61 bits per heavy atom. The lowest BCUT2D eigenvalue weighted by Gasteiger charge is -2.32. The smallest absolute Gasteiger partial charge is 0.286 e. The standard InChI is InChI=1S/C21H24N4O6/c1-11(2)13-8-14(16(28)9-15(13)27)21-24(5-6-26)23-20(19(22)29)25(21)12-3-4-17-18(7-12)31-10-30-17/h3-4,7-9,11,21,26-28H,5-6,10H2,1-2H3,(H2,22,29). The van der Waals surface area contributed by atoms with Gasteiger partial charge in [0.1, 0.15) is 11.5 Å². The number of rotatable bonds is 6. The minimum atomic E-state index is -0.798. The van der Waals surface area contributed by atoms with Gasteiger partial charge in [-0.1, -0.05) is 13.8 Å². The topological polar surface area (TPSA) is 141 Å². The van der Waals surface area contributed by atoms with Crippen LogP contribution in [0.15, 0.2) is 35.4 Å². The van der Waals surface area contributed by atoms with Crippen LogP contribution in [0.2, 0.25) is 0 Å². The van der Waals surface area contributed by atoms with E-state index in [1.807, 2.05) is 13.8 Å². The number of anilines is 1. The third-order valence-electron chi connectivity index (χ3n) is 5.24. The molecule has 2 heterocycles. The number of amidine groups is 1. The van der Waals surface area contributed by atoms with Gasteiger partial charge in [-0.15, -0.1) is 0 Å². The van der Waals surface area contributed by atoms with E-state index in [0.717, 1.165) is 0 Å². The number of phenolic OH excluding ortho intramolecular Hbond substituents is 2. The molecule has 0 fully saturated rings. The third-order valence-corrected chi connectivity index (χ3v) is 5.24. The van der Waals surface area contributed by atoms with Crippen molar-refractivity contribution in [2.75, 3.05) is 24.8 Å². The van der Waals surface area contributed by atoms with Crippen molar-refractivity contribution >= 4 is 17.4 Å². The average Bonchev–Trinajstić information content (AvgIpc) is 3.32. The van der Waals surface area contributed by atoms with Crippen molar-refractivity contribution < 1.29 is 29.6 Å². The zero-order valence-electron chi connectivity index (χ0n) is 17.1. The summed E-state index contributed by atoms with van der Waals surface area (Å²) in [5.74, 6) is -0.00336. The molecule has 0 aromatic heterocycles. The Labute approximate surface area is 178 Å². The summed E-state index contributed by atoms with van der Waals surface area (Å²) in [4.78, 5) is 13.8. The molecule has 1 amide bonds. The monoisotopic (exact) mass is 428 g/mol. The second kappa shape index (κ2) is 7.88. The first kappa shape index (κ1) is 20.6. The Morgan fingerprint density at radius 1 is 1.19 bits per heavy atom. The number of nitrogens with zero attached hydrogens (tertiary/aromatic N) is 3. The molecule has 0 radical (unpaired) electrons. The van der Waals surface area contributed by atoms with E-state index in [9.17, 15) is 20.1 Å². The zero-order chi connectivity index (χ0) is 22.3. The summed E-state index contributed by atoms with van der Waals surface area (Å²) in [6, 6.07) is 8.06. The predicted molar refractivity (Wildman–Crippen MR) is 112 cm³/mol. The number of nitrogens with two attached hydrogens (primary N) is 1. The summed E-state index contributed by atoms with van der Waals surface area (Å²) in [6.07, 6.45) is -0.798. The van der Waals surface area contributed by atoms with Gasteiger partial charge in [0.05, 0.1) is 13.2 Å². The van der Waals surface area contributed by atoms with Gasteiger partial charge in [0.2, 0.25) is 12.6 Å². The first-order valence-corrected chi connectivity index (χ1v) is 9.82. The number of β-amino-alcohol motifs (C(OH)–C–C–N with tert-alkyl or cyclic N) is 1. The van der Waals surface area contributed by atoms with Crippen molar-refractivity contribution in [1.29, 1.82) is 0 Å². The molecule has 5 N–H and O–H groups in total. The van der Waals surface area contributed by atoms with Crippen LogP contribution >= 0.6 is 0 Å². The molecule has 2 aromatic rings. The number of hydrogen-bond acceptors (Lipinski definition) is 9. The summed E-state index contributed by atoms with van der Waals surface area (Å²) in [7, 11) is 0. The molecule has 2 aliphatic rings. The van der Waals surface area contributed by atoms with Gasteiger partial charge in [-0.2, -0.15) is 5.10 Å². The van der Waals surface area contributed by atoms with E-state index >= 15 is 0 Å². The highest BCUT2D eigenvalue weighted by Gasteiger charge is 2.41. The molecule has 0 spiro atoms. The van der Waals surface area contributed by atoms with Crippen LogP contribution in [0.4, 0.5) is 5.69 Å². The molecule has 0 bridgehead atoms. The molecule has 1 atom stereocenters. The highest BCUT2D eigenvalue weighted by molar-refractivity contribution is 6.43. The quantitative estimate of drug-likeness (QED) is 0.543.